The molecule has 0 aliphatic carbocycles. The fourth-order valence-corrected chi connectivity index (χ4v) is 5.60. The Labute approximate surface area is 185 Å². The van der Waals surface area contributed by atoms with Gasteiger partial charge in [-0.3, -0.25) is 4.79 Å². The number of amides is 1. The third kappa shape index (κ3) is 4.56. The zero-order chi connectivity index (χ0) is 22.1. The van der Waals surface area contributed by atoms with Gasteiger partial charge in [0.1, 0.15) is 10.8 Å². The van der Waals surface area contributed by atoms with Crippen LogP contribution in [0.3, 0.4) is 0 Å². The van der Waals surface area contributed by atoms with Gasteiger partial charge < -0.3 is 9.64 Å². The molecule has 2 aromatic rings. The zero-order valence-electron chi connectivity index (χ0n) is 19.4. The van der Waals surface area contributed by atoms with E-state index in [4.69, 9.17) is 4.74 Å². The SMILES string of the molecule is CCC1C[C@H](CC(C)C)N(C(=O)c2ccc(C(C)(C)C)c(OC)c2)C1c1nccs1. The largest absolute Gasteiger partial charge is 0.496 e. The van der Waals surface area contributed by atoms with Crippen molar-refractivity contribution in [1.82, 2.24) is 9.88 Å². The minimum atomic E-state index is -0.0442. The van der Waals surface area contributed by atoms with Crippen molar-refractivity contribution >= 4 is 17.2 Å². The van der Waals surface area contributed by atoms with Gasteiger partial charge in [-0.15, -0.1) is 11.3 Å². The van der Waals surface area contributed by atoms with Crippen molar-refractivity contribution in [3.63, 3.8) is 0 Å². The van der Waals surface area contributed by atoms with E-state index in [1.807, 2.05) is 23.7 Å². The molecule has 1 aromatic carbocycles. The first-order chi connectivity index (χ1) is 14.2. The number of ether oxygens (including phenoxy) is 1. The van der Waals surface area contributed by atoms with Crippen LogP contribution in [0.4, 0.5) is 0 Å². The highest BCUT2D eigenvalue weighted by Crippen LogP contribution is 2.46. The molecule has 4 nitrogen and oxygen atoms in total. The number of benzene rings is 1. The van der Waals surface area contributed by atoms with Crippen molar-refractivity contribution in [2.24, 2.45) is 11.8 Å². The molecule has 2 unspecified atom stereocenters. The molecule has 0 radical (unpaired) electrons. The Bertz CT molecular complexity index is 855. The second kappa shape index (κ2) is 9.09. The Morgan fingerprint density at radius 2 is 2.07 bits per heavy atom. The van der Waals surface area contributed by atoms with Crippen LogP contribution in [0, 0.1) is 11.8 Å². The Hall–Kier alpha value is -1.88. The second-order valence-electron chi connectivity index (χ2n) is 9.88. The molecule has 2 heterocycles. The number of rotatable bonds is 6. The average Bonchev–Trinajstić information content (AvgIpc) is 3.33. The maximum absolute atomic E-state index is 13.9. The Kier molecular flexibility index (Phi) is 6.91. The molecular weight excluding hydrogens is 392 g/mol. The number of aromatic nitrogens is 1. The molecule has 1 aromatic heterocycles. The summed E-state index contributed by atoms with van der Waals surface area (Å²) < 4.78 is 5.68. The van der Waals surface area contributed by atoms with Crippen LogP contribution in [-0.2, 0) is 5.41 Å². The zero-order valence-corrected chi connectivity index (χ0v) is 20.3. The van der Waals surface area contributed by atoms with Crippen LogP contribution in [0.1, 0.15) is 87.8 Å². The number of nitrogens with zero attached hydrogens (tertiary/aromatic N) is 2. The summed E-state index contributed by atoms with van der Waals surface area (Å²) in [5, 5.41) is 3.07. The highest BCUT2D eigenvalue weighted by Gasteiger charge is 2.45. The number of thiazole rings is 1. The molecule has 3 atom stereocenters. The summed E-state index contributed by atoms with van der Waals surface area (Å²) in [7, 11) is 1.68. The van der Waals surface area contributed by atoms with Gasteiger partial charge in [-0.1, -0.05) is 54.0 Å². The Balaban J connectivity index is 2.03. The molecule has 1 aliphatic heterocycles. The van der Waals surface area contributed by atoms with Crippen molar-refractivity contribution in [3.8, 4) is 5.75 Å². The maximum atomic E-state index is 13.9. The molecule has 1 saturated heterocycles. The smallest absolute Gasteiger partial charge is 0.254 e. The van der Waals surface area contributed by atoms with E-state index in [0.29, 0.717) is 17.4 Å². The summed E-state index contributed by atoms with van der Waals surface area (Å²) in [5.74, 6) is 1.86. The number of methoxy groups -OCH3 is 1. The lowest BCUT2D eigenvalue weighted by Gasteiger charge is -2.32. The first-order valence-electron chi connectivity index (χ1n) is 11.1. The van der Waals surface area contributed by atoms with Gasteiger partial charge in [0, 0.05) is 23.2 Å². The van der Waals surface area contributed by atoms with Gasteiger partial charge in [0.05, 0.1) is 13.2 Å². The van der Waals surface area contributed by atoms with E-state index < -0.39 is 0 Å². The summed E-state index contributed by atoms with van der Waals surface area (Å²) >= 11 is 1.66. The standard InChI is InChI=1S/C25H36N2O2S/c1-8-17-14-19(13-16(2)3)27(22(17)23-26-11-12-30-23)24(28)18-9-10-20(25(4,5)6)21(15-18)29-7/h9-12,15-17,19,22H,8,13-14H2,1-7H3/t17?,19-,22?/m0/s1. The van der Waals surface area contributed by atoms with Crippen molar-refractivity contribution in [2.45, 2.75) is 78.3 Å². The van der Waals surface area contributed by atoms with Crippen molar-refractivity contribution in [1.29, 1.82) is 0 Å². The van der Waals surface area contributed by atoms with Crippen molar-refractivity contribution < 1.29 is 9.53 Å². The third-order valence-corrected chi connectivity index (χ3v) is 7.02. The number of likely N-dealkylation sites (tertiary alicyclic amines) is 1. The number of hydrogen-bond acceptors (Lipinski definition) is 4. The van der Waals surface area contributed by atoms with E-state index in [2.05, 4.69) is 57.5 Å². The maximum Gasteiger partial charge on any atom is 0.254 e. The van der Waals surface area contributed by atoms with Crippen molar-refractivity contribution in [3.05, 3.63) is 45.9 Å². The first kappa shape index (κ1) is 22.8. The van der Waals surface area contributed by atoms with Crippen LogP contribution < -0.4 is 4.74 Å². The summed E-state index contributed by atoms with van der Waals surface area (Å²) in [5.41, 5.74) is 1.77. The Morgan fingerprint density at radius 1 is 1.33 bits per heavy atom. The lowest BCUT2D eigenvalue weighted by atomic mass is 9.85. The van der Waals surface area contributed by atoms with E-state index in [0.717, 1.165) is 35.6 Å². The molecule has 0 saturated carbocycles. The van der Waals surface area contributed by atoms with E-state index in [9.17, 15) is 4.79 Å². The normalized spacial score (nSPS) is 22.0. The highest BCUT2D eigenvalue weighted by atomic mass is 32.1. The van der Waals surface area contributed by atoms with E-state index in [-0.39, 0.29) is 23.4 Å². The summed E-state index contributed by atoms with van der Waals surface area (Å²) in [6.07, 6.45) is 4.96. The third-order valence-electron chi connectivity index (χ3n) is 6.18. The lowest BCUT2D eigenvalue weighted by Crippen LogP contribution is -2.38. The molecule has 3 rings (SSSR count). The van der Waals surface area contributed by atoms with Gasteiger partial charge in [0.2, 0.25) is 0 Å². The van der Waals surface area contributed by atoms with Crippen LogP contribution in [0.5, 0.6) is 5.75 Å². The fraction of sp³-hybridized carbons (Fsp3) is 0.600. The molecule has 0 spiro atoms. The van der Waals surface area contributed by atoms with E-state index in [1.54, 1.807) is 18.4 Å². The number of carbonyl (C=O) groups is 1. The molecule has 30 heavy (non-hydrogen) atoms. The van der Waals surface area contributed by atoms with Crippen LogP contribution in [0.25, 0.3) is 0 Å². The van der Waals surface area contributed by atoms with Gasteiger partial charge >= 0.3 is 0 Å². The molecule has 1 amide bonds. The summed E-state index contributed by atoms with van der Waals surface area (Å²) in [6, 6.07) is 6.24. The lowest BCUT2D eigenvalue weighted by molar-refractivity contribution is 0.0629. The monoisotopic (exact) mass is 428 g/mol. The van der Waals surface area contributed by atoms with E-state index >= 15 is 0 Å². The minimum absolute atomic E-state index is 0.0442. The molecular formula is C25H36N2O2S. The number of carbonyl (C=O) groups excluding carboxylic acids is 1. The number of hydrogen-bond donors (Lipinski definition) is 0. The molecule has 164 valence electrons. The predicted molar refractivity (Wildman–Crippen MR) is 124 cm³/mol. The predicted octanol–water partition coefficient (Wildman–Crippen LogP) is 6.48. The molecule has 5 heteroatoms. The minimum Gasteiger partial charge on any atom is -0.496 e. The molecule has 1 aliphatic rings. The first-order valence-corrected chi connectivity index (χ1v) is 12.0. The van der Waals surface area contributed by atoms with E-state index in [1.165, 1.54) is 0 Å². The highest BCUT2D eigenvalue weighted by molar-refractivity contribution is 7.09. The molecule has 0 bridgehead atoms. The van der Waals surface area contributed by atoms with Crippen LogP contribution >= 0.6 is 11.3 Å². The van der Waals surface area contributed by atoms with Gasteiger partial charge in [-0.25, -0.2) is 4.98 Å². The van der Waals surface area contributed by atoms with Gasteiger partial charge in [0.25, 0.3) is 5.91 Å². The van der Waals surface area contributed by atoms with Crippen LogP contribution in [0.15, 0.2) is 29.8 Å². The van der Waals surface area contributed by atoms with Crippen molar-refractivity contribution in [2.75, 3.05) is 7.11 Å². The van der Waals surface area contributed by atoms with Gasteiger partial charge in [-0.2, -0.15) is 0 Å². The quantitative estimate of drug-likeness (QED) is 0.529. The van der Waals surface area contributed by atoms with Gasteiger partial charge in [-0.05, 0) is 47.8 Å². The van der Waals surface area contributed by atoms with Crippen LogP contribution in [-0.4, -0.2) is 28.9 Å². The Morgan fingerprint density at radius 3 is 2.60 bits per heavy atom. The summed E-state index contributed by atoms with van der Waals surface area (Å²) in [6.45, 7) is 13.2. The second-order valence-corrected chi connectivity index (χ2v) is 10.8. The summed E-state index contributed by atoms with van der Waals surface area (Å²) in [4.78, 5) is 20.6. The molecule has 0 N–H and O–H groups in total. The topological polar surface area (TPSA) is 42.4 Å². The van der Waals surface area contributed by atoms with Gasteiger partial charge in [0.15, 0.2) is 0 Å². The molecule has 1 fully saturated rings. The van der Waals surface area contributed by atoms with Crippen LogP contribution in [0.2, 0.25) is 0 Å². The average molecular weight is 429 g/mol. The fourth-order valence-electron chi connectivity index (χ4n) is 4.78.